The van der Waals surface area contributed by atoms with Crippen molar-refractivity contribution >= 4 is 0 Å². The van der Waals surface area contributed by atoms with Crippen LogP contribution in [0.4, 0.5) is 13.2 Å². The lowest BCUT2D eigenvalue weighted by molar-refractivity contribution is -0.150. The van der Waals surface area contributed by atoms with Crippen LogP contribution in [0.25, 0.3) is 0 Å². The van der Waals surface area contributed by atoms with Gasteiger partial charge in [-0.05, 0) is 49.9 Å². The zero-order chi connectivity index (χ0) is 14.9. The van der Waals surface area contributed by atoms with Crippen molar-refractivity contribution in [2.75, 3.05) is 13.1 Å². The standard InChI is InChI=1S/C15H26F3NO/c1-10(2)11-3-6-14(20)12(7-11)8-19(13-4-5-13)9-15(16,17)18/h10-14,20H,3-9H2,1-2H3. The van der Waals surface area contributed by atoms with Crippen molar-refractivity contribution in [1.29, 1.82) is 0 Å². The van der Waals surface area contributed by atoms with Crippen LogP contribution in [0.15, 0.2) is 0 Å². The van der Waals surface area contributed by atoms with Crippen molar-refractivity contribution in [3.8, 4) is 0 Å². The van der Waals surface area contributed by atoms with E-state index in [0.29, 0.717) is 18.4 Å². The van der Waals surface area contributed by atoms with Gasteiger partial charge in [0.2, 0.25) is 0 Å². The maximum atomic E-state index is 12.6. The summed E-state index contributed by atoms with van der Waals surface area (Å²) in [5, 5.41) is 10.1. The van der Waals surface area contributed by atoms with Gasteiger partial charge in [-0.3, -0.25) is 4.90 Å². The van der Waals surface area contributed by atoms with Crippen molar-refractivity contribution < 1.29 is 18.3 Å². The molecule has 0 aliphatic heterocycles. The van der Waals surface area contributed by atoms with Crippen molar-refractivity contribution in [1.82, 2.24) is 4.90 Å². The molecule has 2 aliphatic carbocycles. The minimum atomic E-state index is -4.14. The third-order valence-corrected chi connectivity index (χ3v) is 4.84. The van der Waals surface area contributed by atoms with Gasteiger partial charge in [0.05, 0.1) is 12.6 Å². The first-order valence-electron chi connectivity index (χ1n) is 7.75. The molecule has 1 N–H and O–H groups in total. The Morgan fingerprint density at radius 1 is 1.15 bits per heavy atom. The number of nitrogens with zero attached hydrogens (tertiary/aromatic N) is 1. The van der Waals surface area contributed by atoms with E-state index in [1.807, 2.05) is 0 Å². The van der Waals surface area contributed by atoms with Gasteiger partial charge in [-0.2, -0.15) is 13.2 Å². The second kappa shape index (κ2) is 6.22. The number of hydrogen-bond donors (Lipinski definition) is 1. The largest absolute Gasteiger partial charge is 0.401 e. The highest BCUT2D eigenvalue weighted by molar-refractivity contribution is 4.90. The van der Waals surface area contributed by atoms with E-state index in [0.717, 1.165) is 32.1 Å². The molecule has 0 aromatic heterocycles. The molecule has 2 saturated carbocycles. The Hall–Kier alpha value is -0.290. The molecule has 0 saturated heterocycles. The molecule has 0 heterocycles. The molecule has 0 bridgehead atoms. The summed E-state index contributed by atoms with van der Waals surface area (Å²) in [4.78, 5) is 1.55. The quantitative estimate of drug-likeness (QED) is 0.839. The Kier molecular flexibility index (Phi) is 5.00. The fourth-order valence-corrected chi connectivity index (χ4v) is 3.40. The molecule has 0 aromatic rings. The van der Waals surface area contributed by atoms with E-state index in [-0.39, 0.29) is 12.0 Å². The van der Waals surface area contributed by atoms with Crippen LogP contribution < -0.4 is 0 Å². The van der Waals surface area contributed by atoms with Gasteiger partial charge in [0.1, 0.15) is 0 Å². The average molecular weight is 293 g/mol. The van der Waals surface area contributed by atoms with E-state index in [1.165, 1.54) is 0 Å². The Bertz CT molecular complexity index is 315. The summed E-state index contributed by atoms with van der Waals surface area (Å²) in [6.45, 7) is 3.89. The van der Waals surface area contributed by atoms with Crippen LogP contribution in [-0.4, -0.2) is 41.4 Å². The van der Waals surface area contributed by atoms with Gasteiger partial charge in [-0.1, -0.05) is 13.8 Å². The molecule has 118 valence electrons. The Morgan fingerprint density at radius 3 is 2.30 bits per heavy atom. The second-order valence-electron chi connectivity index (χ2n) is 6.92. The van der Waals surface area contributed by atoms with E-state index in [1.54, 1.807) is 4.90 Å². The maximum Gasteiger partial charge on any atom is 0.401 e. The molecule has 0 amide bonds. The molecule has 2 nitrogen and oxygen atoms in total. The molecule has 3 atom stereocenters. The van der Waals surface area contributed by atoms with Crippen molar-refractivity contribution in [2.45, 2.75) is 64.3 Å². The third kappa shape index (κ3) is 4.62. The lowest BCUT2D eigenvalue weighted by Gasteiger charge is -2.38. The normalized spacial score (nSPS) is 32.1. The summed E-state index contributed by atoms with van der Waals surface area (Å²) in [6.07, 6.45) is -0.242. The number of rotatable bonds is 5. The molecule has 0 radical (unpaired) electrons. The highest BCUT2D eigenvalue weighted by Gasteiger charge is 2.41. The zero-order valence-corrected chi connectivity index (χ0v) is 12.4. The number of hydrogen-bond acceptors (Lipinski definition) is 2. The molecular weight excluding hydrogens is 267 g/mol. The van der Waals surface area contributed by atoms with Gasteiger partial charge in [-0.25, -0.2) is 0 Å². The molecule has 0 aromatic carbocycles. The molecule has 3 unspecified atom stereocenters. The molecule has 20 heavy (non-hydrogen) atoms. The van der Waals surface area contributed by atoms with Gasteiger partial charge in [-0.15, -0.1) is 0 Å². The van der Waals surface area contributed by atoms with Gasteiger partial charge in [0.25, 0.3) is 0 Å². The summed E-state index contributed by atoms with van der Waals surface area (Å²) < 4.78 is 37.9. The summed E-state index contributed by atoms with van der Waals surface area (Å²) >= 11 is 0. The number of halogens is 3. The van der Waals surface area contributed by atoms with Crippen LogP contribution in [0.2, 0.25) is 0 Å². The molecule has 0 spiro atoms. The summed E-state index contributed by atoms with van der Waals surface area (Å²) in [6, 6.07) is 0.0863. The fraction of sp³-hybridized carbons (Fsp3) is 1.00. The topological polar surface area (TPSA) is 23.5 Å². The highest BCUT2D eigenvalue weighted by Crippen LogP contribution is 2.37. The predicted octanol–water partition coefficient (Wildman–Crippen LogP) is 3.45. The van der Waals surface area contributed by atoms with Crippen LogP contribution in [0.1, 0.15) is 46.0 Å². The molecule has 5 heteroatoms. The van der Waals surface area contributed by atoms with Gasteiger partial charge in [0, 0.05) is 12.6 Å². The van der Waals surface area contributed by atoms with Gasteiger partial charge >= 0.3 is 6.18 Å². The summed E-state index contributed by atoms with van der Waals surface area (Å²) in [7, 11) is 0. The predicted molar refractivity (Wildman–Crippen MR) is 72.3 cm³/mol. The van der Waals surface area contributed by atoms with E-state index < -0.39 is 18.8 Å². The lowest BCUT2D eigenvalue weighted by atomic mass is 9.74. The molecule has 2 rings (SSSR count). The van der Waals surface area contributed by atoms with Gasteiger partial charge in [0.15, 0.2) is 0 Å². The average Bonchev–Trinajstić information content (AvgIpc) is 3.12. The van der Waals surface area contributed by atoms with Crippen LogP contribution >= 0.6 is 0 Å². The fourth-order valence-electron chi connectivity index (χ4n) is 3.40. The minimum Gasteiger partial charge on any atom is -0.393 e. The van der Waals surface area contributed by atoms with Gasteiger partial charge < -0.3 is 5.11 Å². The Morgan fingerprint density at radius 2 is 1.80 bits per heavy atom. The monoisotopic (exact) mass is 293 g/mol. The highest BCUT2D eigenvalue weighted by atomic mass is 19.4. The summed E-state index contributed by atoms with van der Waals surface area (Å²) in [5.74, 6) is 1.08. The number of aliphatic hydroxyl groups is 1. The number of alkyl halides is 3. The first kappa shape index (κ1) is 16.1. The van der Waals surface area contributed by atoms with Crippen molar-refractivity contribution in [2.24, 2.45) is 17.8 Å². The first-order chi connectivity index (χ1) is 9.26. The van der Waals surface area contributed by atoms with E-state index >= 15 is 0 Å². The Labute approximate surface area is 119 Å². The van der Waals surface area contributed by atoms with E-state index in [2.05, 4.69) is 13.8 Å². The minimum absolute atomic E-state index is 0.000833. The molecule has 2 fully saturated rings. The van der Waals surface area contributed by atoms with Crippen LogP contribution in [-0.2, 0) is 0 Å². The first-order valence-corrected chi connectivity index (χ1v) is 7.75. The molecular formula is C15H26F3NO. The lowest BCUT2D eigenvalue weighted by Crippen LogP contribution is -2.44. The Balaban J connectivity index is 1.94. The maximum absolute atomic E-state index is 12.6. The SMILES string of the molecule is CC(C)C1CCC(O)C(CN(CC(F)(F)F)C2CC2)C1. The van der Waals surface area contributed by atoms with Crippen molar-refractivity contribution in [3.05, 3.63) is 0 Å². The third-order valence-electron chi connectivity index (χ3n) is 4.84. The van der Waals surface area contributed by atoms with Crippen molar-refractivity contribution in [3.63, 3.8) is 0 Å². The molecule has 2 aliphatic rings. The van der Waals surface area contributed by atoms with E-state index in [9.17, 15) is 18.3 Å². The number of aliphatic hydroxyl groups excluding tert-OH is 1. The van der Waals surface area contributed by atoms with E-state index in [4.69, 9.17) is 0 Å². The second-order valence-corrected chi connectivity index (χ2v) is 6.92. The zero-order valence-electron chi connectivity index (χ0n) is 12.4. The van der Waals surface area contributed by atoms with Crippen LogP contribution in [0, 0.1) is 17.8 Å². The smallest absolute Gasteiger partial charge is 0.393 e. The van der Waals surface area contributed by atoms with Crippen LogP contribution in [0.3, 0.4) is 0 Å². The summed E-state index contributed by atoms with van der Waals surface area (Å²) in [5.41, 5.74) is 0. The van der Waals surface area contributed by atoms with Crippen LogP contribution in [0.5, 0.6) is 0 Å².